The van der Waals surface area contributed by atoms with E-state index in [0.717, 1.165) is 57.2 Å². The smallest absolute Gasteiger partial charge is 0.244 e. The Balaban J connectivity index is 1.92. The molecule has 2 rings (SSSR count). The molecule has 1 aromatic heterocycles. The van der Waals surface area contributed by atoms with Gasteiger partial charge in [-0.3, -0.25) is 5.10 Å². The minimum absolute atomic E-state index is 0.347. The van der Waals surface area contributed by atoms with Gasteiger partial charge in [0.05, 0.1) is 0 Å². The molecule has 0 radical (unpaired) electrons. The molecule has 0 saturated carbocycles. The summed E-state index contributed by atoms with van der Waals surface area (Å²) in [5.74, 6) is 1.87. The third-order valence-corrected chi connectivity index (χ3v) is 3.25. The molecule has 1 fully saturated rings. The number of H-pyrrole nitrogens is 1. The predicted octanol–water partition coefficient (Wildman–Crippen LogP) is 1.58. The zero-order valence-electron chi connectivity index (χ0n) is 11.8. The summed E-state index contributed by atoms with van der Waals surface area (Å²) in [6.07, 6.45) is 3.26. The van der Waals surface area contributed by atoms with E-state index in [1.807, 2.05) is 0 Å². The fourth-order valence-electron chi connectivity index (χ4n) is 2.08. The molecule has 0 aromatic carbocycles. The largest absolute Gasteiger partial charge is 0.338 e. The Morgan fingerprint density at radius 1 is 1.22 bits per heavy atom. The first kappa shape index (κ1) is 13.3. The predicted molar refractivity (Wildman–Crippen MR) is 73.9 cm³/mol. The summed E-state index contributed by atoms with van der Waals surface area (Å²) in [5.41, 5.74) is 0.347. The van der Waals surface area contributed by atoms with Crippen molar-refractivity contribution in [1.29, 1.82) is 0 Å². The van der Waals surface area contributed by atoms with Crippen molar-refractivity contribution in [2.75, 3.05) is 31.1 Å². The summed E-state index contributed by atoms with van der Waals surface area (Å²) in [4.78, 5) is 6.87. The molecule has 1 aliphatic heterocycles. The molecular weight excluding hydrogens is 226 g/mol. The van der Waals surface area contributed by atoms with E-state index in [-0.39, 0.29) is 0 Å². The van der Waals surface area contributed by atoms with E-state index in [1.54, 1.807) is 0 Å². The SMILES string of the molecule is CC(C)(C)CCc1nc(N2CCCNCC2)n[nH]1. The molecule has 0 amide bonds. The van der Waals surface area contributed by atoms with Crippen LogP contribution in [0.3, 0.4) is 0 Å². The number of aryl methyl sites for hydroxylation is 1. The summed E-state index contributed by atoms with van der Waals surface area (Å²) < 4.78 is 0. The lowest BCUT2D eigenvalue weighted by atomic mass is 9.90. The van der Waals surface area contributed by atoms with Crippen LogP contribution in [-0.2, 0) is 6.42 Å². The van der Waals surface area contributed by atoms with Gasteiger partial charge in [-0.25, -0.2) is 0 Å². The quantitative estimate of drug-likeness (QED) is 0.856. The first-order valence-electron chi connectivity index (χ1n) is 6.91. The number of anilines is 1. The molecule has 0 aliphatic carbocycles. The van der Waals surface area contributed by atoms with Crippen LogP contribution in [-0.4, -0.2) is 41.4 Å². The van der Waals surface area contributed by atoms with Gasteiger partial charge in [0.15, 0.2) is 0 Å². The van der Waals surface area contributed by atoms with Crippen LogP contribution in [0.5, 0.6) is 0 Å². The Morgan fingerprint density at radius 3 is 2.83 bits per heavy atom. The summed E-state index contributed by atoms with van der Waals surface area (Å²) in [6.45, 7) is 10.9. The molecule has 0 bridgehead atoms. The number of hydrogen-bond donors (Lipinski definition) is 2. The zero-order chi connectivity index (χ0) is 13.0. The van der Waals surface area contributed by atoms with Crippen molar-refractivity contribution in [3.8, 4) is 0 Å². The summed E-state index contributed by atoms with van der Waals surface area (Å²) in [7, 11) is 0. The Hall–Kier alpha value is -1.10. The molecular formula is C13H25N5. The maximum atomic E-state index is 4.61. The third kappa shape index (κ3) is 3.98. The Labute approximate surface area is 109 Å². The van der Waals surface area contributed by atoms with Gasteiger partial charge >= 0.3 is 0 Å². The highest BCUT2D eigenvalue weighted by molar-refractivity contribution is 5.28. The van der Waals surface area contributed by atoms with Crippen LogP contribution in [0.25, 0.3) is 0 Å². The minimum atomic E-state index is 0.347. The van der Waals surface area contributed by atoms with E-state index in [1.165, 1.54) is 0 Å². The van der Waals surface area contributed by atoms with Crippen molar-refractivity contribution in [2.24, 2.45) is 5.41 Å². The van der Waals surface area contributed by atoms with Crippen molar-refractivity contribution in [3.63, 3.8) is 0 Å². The van der Waals surface area contributed by atoms with Crippen molar-refractivity contribution in [2.45, 2.75) is 40.0 Å². The van der Waals surface area contributed by atoms with E-state index in [0.29, 0.717) is 5.41 Å². The van der Waals surface area contributed by atoms with Crippen LogP contribution in [0.1, 0.15) is 39.4 Å². The molecule has 2 heterocycles. The van der Waals surface area contributed by atoms with Crippen LogP contribution in [0, 0.1) is 5.41 Å². The van der Waals surface area contributed by atoms with Gasteiger partial charge in [-0.15, -0.1) is 5.10 Å². The van der Waals surface area contributed by atoms with E-state index in [2.05, 4.69) is 46.2 Å². The van der Waals surface area contributed by atoms with Crippen LogP contribution in [0.15, 0.2) is 0 Å². The van der Waals surface area contributed by atoms with Gasteiger partial charge < -0.3 is 10.2 Å². The lowest BCUT2D eigenvalue weighted by molar-refractivity contribution is 0.374. The highest BCUT2D eigenvalue weighted by atomic mass is 15.4. The van der Waals surface area contributed by atoms with E-state index >= 15 is 0 Å². The molecule has 5 heteroatoms. The van der Waals surface area contributed by atoms with Gasteiger partial charge in [0, 0.05) is 26.1 Å². The van der Waals surface area contributed by atoms with Crippen molar-refractivity contribution < 1.29 is 0 Å². The van der Waals surface area contributed by atoms with E-state index in [4.69, 9.17) is 0 Å². The molecule has 0 unspecified atom stereocenters. The van der Waals surface area contributed by atoms with Crippen LogP contribution in [0.2, 0.25) is 0 Å². The number of aromatic nitrogens is 3. The Morgan fingerprint density at radius 2 is 2.06 bits per heavy atom. The maximum Gasteiger partial charge on any atom is 0.244 e. The number of aromatic amines is 1. The van der Waals surface area contributed by atoms with Gasteiger partial charge in [-0.1, -0.05) is 20.8 Å². The third-order valence-electron chi connectivity index (χ3n) is 3.25. The van der Waals surface area contributed by atoms with Gasteiger partial charge in [-0.05, 0) is 24.8 Å². The highest BCUT2D eigenvalue weighted by Crippen LogP contribution is 2.20. The molecule has 1 aliphatic rings. The summed E-state index contributed by atoms with van der Waals surface area (Å²) in [5, 5.41) is 10.8. The Kier molecular flexibility index (Phi) is 4.22. The number of nitrogens with one attached hydrogen (secondary N) is 2. The normalized spacial score (nSPS) is 17.8. The topological polar surface area (TPSA) is 56.8 Å². The first-order chi connectivity index (χ1) is 8.54. The average Bonchev–Trinajstić information content (AvgIpc) is 2.60. The van der Waals surface area contributed by atoms with Crippen molar-refractivity contribution >= 4 is 5.95 Å². The summed E-state index contributed by atoms with van der Waals surface area (Å²) >= 11 is 0. The van der Waals surface area contributed by atoms with Crippen LogP contribution in [0.4, 0.5) is 5.95 Å². The second-order valence-electron chi connectivity index (χ2n) is 6.23. The average molecular weight is 251 g/mol. The van der Waals surface area contributed by atoms with Crippen molar-refractivity contribution in [3.05, 3.63) is 5.82 Å². The first-order valence-corrected chi connectivity index (χ1v) is 6.91. The fraction of sp³-hybridized carbons (Fsp3) is 0.846. The van der Waals surface area contributed by atoms with Gasteiger partial charge in [0.1, 0.15) is 5.82 Å². The highest BCUT2D eigenvalue weighted by Gasteiger charge is 2.16. The molecule has 2 N–H and O–H groups in total. The van der Waals surface area contributed by atoms with Crippen molar-refractivity contribution in [1.82, 2.24) is 20.5 Å². The monoisotopic (exact) mass is 251 g/mol. The molecule has 1 saturated heterocycles. The number of rotatable bonds is 3. The fourth-order valence-corrected chi connectivity index (χ4v) is 2.08. The molecule has 0 spiro atoms. The molecule has 102 valence electrons. The van der Waals surface area contributed by atoms with Crippen LogP contribution < -0.4 is 10.2 Å². The van der Waals surface area contributed by atoms with E-state index in [9.17, 15) is 0 Å². The molecule has 0 atom stereocenters. The maximum absolute atomic E-state index is 4.61. The second-order valence-corrected chi connectivity index (χ2v) is 6.23. The van der Waals surface area contributed by atoms with Gasteiger partial charge in [0.2, 0.25) is 5.95 Å². The minimum Gasteiger partial charge on any atom is -0.338 e. The summed E-state index contributed by atoms with van der Waals surface area (Å²) in [6, 6.07) is 0. The lowest BCUT2D eigenvalue weighted by Gasteiger charge is -2.17. The van der Waals surface area contributed by atoms with Gasteiger partial charge in [0.25, 0.3) is 0 Å². The molecule has 5 nitrogen and oxygen atoms in total. The molecule has 1 aromatic rings. The second kappa shape index (κ2) is 5.69. The lowest BCUT2D eigenvalue weighted by Crippen LogP contribution is -2.28. The number of hydrogen-bond acceptors (Lipinski definition) is 4. The van der Waals surface area contributed by atoms with E-state index < -0.39 is 0 Å². The Bertz CT molecular complexity index is 358. The van der Waals surface area contributed by atoms with Crippen LogP contribution >= 0.6 is 0 Å². The number of nitrogens with zero attached hydrogens (tertiary/aromatic N) is 3. The molecule has 18 heavy (non-hydrogen) atoms. The van der Waals surface area contributed by atoms with Gasteiger partial charge in [-0.2, -0.15) is 4.98 Å². The zero-order valence-corrected chi connectivity index (χ0v) is 11.8. The standard InChI is InChI=1S/C13H25N5/c1-13(2,3)6-5-11-15-12(17-16-11)18-9-4-7-14-8-10-18/h14H,4-10H2,1-3H3,(H,15,16,17).